The number of halogens is 3. The van der Waals surface area contributed by atoms with Crippen molar-refractivity contribution in [3.8, 4) is 11.5 Å². The van der Waals surface area contributed by atoms with E-state index in [0.29, 0.717) is 5.75 Å². The van der Waals surface area contributed by atoms with Crippen molar-refractivity contribution in [3.05, 3.63) is 53.1 Å². The Kier molecular flexibility index (Phi) is 4.35. The van der Waals surface area contributed by atoms with Crippen molar-refractivity contribution in [1.82, 2.24) is 0 Å². The maximum absolute atomic E-state index is 13.1. The smallest absolute Gasteiger partial charge is 0.420 e. The molecule has 2 rings (SSSR count). The zero-order valence-electron chi connectivity index (χ0n) is 12.7. The molecule has 2 aromatic rings. The number of anilines is 1. The minimum atomic E-state index is -4.52. The standard InChI is InChI=1S/C17H18F3NO/c1-10(2)12-5-4-11(3)16(8-12)22-15-7-6-13(21)9-14(15)17(18,19)20/h4-10H,21H2,1-3H3. The number of benzene rings is 2. The number of nitrogen functional groups attached to an aromatic ring is 1. The second-order valence-corrected chi connectivity index (χ2v) is 5.54. The number of nitrogens with two attached hydrogens (primary N) is 1. The third-order valence-corrected chi connectivity index (χ3v) is 3.41. The highest BCUT2D eigenvalue weighted by Crippen LogP contribution is 2.40. The molecule has 0 atom stereocenters. The maximum Gasteiger partial charge on any atom is 0.420 e. The summed E-state index contributed by atoms with van der Waals surface area (Å²) in [6, 6.07) is 9.09. The maximum atomic E-state index is 13.1. The lowest BCUT2D eigenvalue weighted by molar-refractivity contribution is -0.138. The van der Waals surface area contributed by atoms with Gasteiger partial charge in [-0.15, -0.1) is 0 Å². The van der Waals surface area contributed by atoms with Crippen LogP contribution in [-0.2, 0) is 6.18 Å². The predicted octanol–water partition coefficient (Wildman–Crippen LogP) is 5.51. The lowest BCUT2D eigenvalue weighted by atomic mass is 10.0. The van der Waals surface area contributed by atoms with Gasteiger partial charge in [-0.3, -0.25) is 0 Å². The van der Waals surface area contributed by atoms with Crippen LogP contribution in [-0.4, -0.2) is 0 Å². The topological polar surface area (TPSA) is 35.2 Å². The number of alkyl halides is 3. The number of ether oxygens (including phenoxy) is 1. The summed E-state index contributed by atoms with van der Waals surface area (Å²) in [4.78, 5) is 0. The van der Waals surface area contributed by atoms with Gasteiger partial charge in [-0.2, -0.15) is 13.2 Å². The van der Waals surface area contributed by atoms with Crippen LogP contribution in [0, 0.1) is 6.92 Å². The first-order valence-corrected chi connectivity index (χ1v) is 6.93. The molecule has 0 unspecified atom stereocenters. The zero-order chi connectivity index (χ0) is 16.5. The third kappa shape index (κ3) is 3.53. The largest absolute Gasteiger partial charge is 0.456 e. The van der Waals surface area contributed by atoms with Crippen molar-refractivity contribution in [2.75, 3.05) is 5.73 Å². The normalized spacial score (nSPS) is 11.8. The molecule has 2 N–H and O–H groups in total. The van der Waals surface area contributed by atoms with Crippen LogP contribution in [0.1, 0.15) is 36.5 Å². The first kappa shape index (κ1) is 16.2. The molecule has 0 aromatic heterocycles. The van der Waals surface area contributed by atoms with Crippen molar-refractivity contribution in [1.29, 1.82) is 0 Å². The van der Waals surface area contributed by atoms with Crippen LogP contribution < -0.4 is 10.5 Å². The molecule has 2 nitrogen and oxygen atoms in total. The Hall–Kier alpha value is -2.17. The molecule has 0 amide bonds. The van der Waals surface area contributed by atoms with Crippen LogP contribution in [0.3, 0.4) is 0 Å². The third-order valence-electron chi connectivity index (χ3n) is 3.41. The predicted molar refractivity (Wildman–Crippen MR) is 81.2 cm³/mol. The fourth-order valence-corrected chi connectivity index (χ4v) is 2.06. The number of hydrogen-bond acceptors (Lipinski definition) is 2. The van der Waals surface area contributed by atoms with E-state index in [1.165, 1.54) is 12.1 Å². The SMILES string of the molecule is Cc1ccc(C(C)C)cc1Oc1ccc(N)cc1C(F)(F)F. The Balaban J connectivity index is 2.45. The molecule has 0 aliphatic rings. The molecule has 0 spiro atoms. The lowest BCUT2D eigenvalue weighted by Crippen LogP contribution is -2.08. The second kappa shape index (κ2) is 5.91. The Morgan fingerprint density at radius 3 is 2.27 bits per heavy atom. The van der Waals surface area contributed by atoms with E-state index in [1.54, 1.807) is 13.0 Å². The van der Waals surface area contributed by atoms with Crippen LogP contribution >= 0.6 is 0 Å². The van der Waals surface area contributed by atoms with Gasteiger partial charge >= 0.3 is 6.18 Å². The molecule has 0 saturated carbocycles. The van der Waals surface area contributed by atoms with Crippen molar-refractivity contribution < 1.29 is 17.9 Å². The first-order valence-electron chi connectivity index (χ1n) is 6.93. The molecule has 0 heterocycles. The van der Waals surface area contributed by atoms with Crippen molar-refractivity contribution in [3.63, 3.8) is 0 Å². The van der Waals surface area contributed by atoms with E-state index in [-0.39, 0.29) is 17.4 Å². The van der Waals surface area contributed by atoms with Gasteiger partial charge in [0.2, 0.25) is 0 Å². The van der Waals surface area contributed by atoms with E-state index >= 15 is 0 Å². The molecule has 22 heavy (non-hydrogen) atoms. The van der Waals surface area contributed by atoms with Gasteiger partial charge in [-0.25, -0.2) is 0 Å². The Morgan fingerprint density at radius 1 is 1.00 bits per heavy atom. The average molecular weight is 309 g/mol. The van der Waals surface area contributed by atoms with Crippen molar-refractivity contribution >= 4 is 5.69 Å². The van der Waals surface area contributed by atoms with Crippen LogP contribution in [0.2, 0.25) is 0 Å². The minimum absolute atomic E-state index is 0.0485. The summed E-state index contributed by atoms with van der Waals surface area (Å²) in [6.07, 6.45) is -4.52. The molecule has 0 saturated heterocycles. The molecule has 2 aromatic carbocycles. The molecule has 0 aliphatic carbocycles. The van der Waals surface area contributed by atoms with Gasteiger partial charge in [-0.1, -0.05) is 26.0 Å². The summed E-state index contributed by atoms with van der Waals surface area (Å²) in [5, 5.41) is 0. The molecule has 0 aliphatic heterocycles. The molecular formula is C17H18F3NO. The summed E-state index contributed by atoms with van der Waals surface area (Å²) in [5.74, 6) is 0.434. The van der Waals surface area contributed by atoms with Crippen LogP contribution in [0.15, 0.2) is 36.4 Å². The Morgan fingerprint density at radius 2 is 1.68 bits per heavy atom. The van der Waals surface area contributed by atoms with Crippen LogP contribution in [0.25, 0.3) is 0 Å². The Labute approximate surface area is 127 Å². The van der Waals surface area contributed by atoms with E-state index in [4.69, 9.17) is 10.5 Å². The van der Waals surface area contributed by atoms with Gasteiger partial charge in [0.1, 0.15) is 17.1 Å². The summed E-state index contributed by atoms with van der Waals surface area (Å²) >= 11 is 0. The summed E-state index contributed by atoms with van der Waals surface area (Å²) in [5.41, 5.74) is 6.41. The van der Waals surface area contributed by atoms with Crippen LogP contribution in [0.4, 0.5) is 18.9 Å². The number of hydrogen-bond donors (Lipinski definition) is 1. The van der Waals surface area contributed by atoms with Crippen molar-refractivity contribution in [2.45, 2.75) is 32.9 Å². The first-order chi connectivity index (χ1) is 10.2. The van der Waals surface area contributed by atoms with E-state index in [1.807, 2.05) is 26.0 Å². The van der Waals surface area contributed by atoms with Gasteiger partial charge in [-0.05, 0) is 48.2 Å². The molecule has 5 heteroatoms. The van der Waals surface area contributed by atoms with Gasteiger partial charge in [0.15, 0.2) is 0 Å². The zero-order valence-corrected chi connectivity index (χ0v) is 12.7. The van der Waals surface area contributed by atoms with Gasteiger partial charge in [0, 0.05) is 5.69 Å². The van der Waals surface area contributed by atoms with Crippen molar-refractivity contribution in [2.24, 2.45) is 0 Å². The number of aryl methyl sites for hydroxylation is 1. The summed E-state index contributed by atoms with van der Waals surface area (Å²) < 4.78 is 44.8. The molecule has 118 valence electrons. The molecule has 0 fully saturated rings. The minimum Gasteiger partial charge on any atom is -0.456 e. The summed E-state index contributed by atoms with van der Waals surface area (Å²) in [7, 11) is 0. The quantitative estimate of drug-likeness (QED) is 0.758. The van der Waals surface area contributed by atoms with E-state index in [2.05, 4.69) is 0 Å². The van der Waals surface area contributed by atoms with Gasteiger partial charge in [0.25, 0.3) is 0 Å². The molecule has 0 bridgehead atoms. The number of rotatable bonds is 3. The van der Waals surface area contributed by atoms with E-state index in [0.717, 1.165) is 17.2 Å². The van der Waals surface area contributed by atoms with Crippen LogP contribution in [0.5, 0.6) is 11.5 Å². The molecule has 0 radical (unpaired) electrons. The monoisotopic (exact) mass is 309 g/mol. The van der Waals surface area contributed by atoms with Gasteiger partial charge in [0.05, 0.1) is 0 Å². The van der Waals surface area contributed by atoms with Gasteiger partial charge < -0.3 is 10.5 Å². The average Bonchev–Trinajstić information content (AvgIpc) is 2.41. The Bertz CT molecular complexity index is 678. The second-order valence-electron chi connectivity index (χ2n) is 5.54. The lowest BCUT2D eigenvalue weighted by Gasteiger charge is -2.17. The van der Waals surface area contributed by atoms with E-state index < -0.39 is 11.7 Å². The highest BCUT2D eigenvalue weighted by atomic mass is 19.4. The highest BCUT2D eigenvalue weighted by Gasteiger charge is 2.34. The fourth-order valence-electron chi connectivity index (χ4n) is 2.06. The fraction of sp³-hybridized carbons (Fsp3) is 0.294. The van der Waals surface area contributed by atoms with E-state index in [9.17, 15) is 13.2 Å². The highest BCUT2D eigenvalue weighted by molar-refractivity contribution is 5.51. The summed E-state index contributed by atoms with van der Waals surface area (Å²) in [6.45, 7) is 5.82. The molecular weight excluding hydrogens is 291 g/mol.